The fourth-order valence-corrected chi connectivity index (χ4v) is 3.72. The van der Waals surface area contributed by atoms with Crippen LogP contribution in [0.4, 0.5) is 0 Å². The summed E-state index contributed by atoms with van der Waals surface area (Å²) in [6.07, 6.45) is 12.7. The average Bonchev–Trinajstić information content (AvgIpc) is 3.18. The van der Waals surface area contributed by atoms with Gasteiger partial charge in [-0.15, -0.1) is 0 Å². The first kappa shape index (κ1) is 22.1. The Morgan fingerprint density at radius 1 is 1.29 bits per heavy atom. The number of nitrogens with zero attached hydrogens (tertiary/aromatic N) is 2. The smallest absolute Gasteiger partial charge is 0.132 e. The van der Waals surface area contributed by atoms with E-state index in [9.17, 15) is 0 Å². The first-order chi connectivity index (χ1) is 13.7. The molecule has 0 amide bonds. The molecule has 1 aliphatic carbocycles. The van der Waals surface area contributed by atoms with Crippen LogP contribution in [0.5, 0.6) is 0 Å². The predicted molar refractivity (Wildman–Crippen MR) is 124 cm³/mol. The van der Waals surface area contributed by atoms with Crippen molar-refractivity contribution in [2.24, 2.45) is 4.99 Å². The minimum Gasteiger partial charge on any atom is -0.347 e. The number of fused-ring (bicyclic) bond motifs is 1. The van der Waals surface area contributed by atoms with Crippen molar-refractivity contribution in [1.29, 1.82) is 0 Å². The molecule has 1 aliphatic heterocycles. The molecule has 1 heterocycles. The van der Waals surface area contributed by atoms with Gasteiger partial charge in [0.15, 0.2) is 0 Å². The standard InChI is InChI=1S/C16H18N2.C8H18N2/c1-3-12-18-16(17-2)15-11-7-5-9-13-8-4-6-10-14(13)15;1-3-10(4-2)8-5-6-9-7-8/h3-6,8-12H,7H2,1-2H3,(H,17,18);8-9H,3-7H2,1-2H3/b12-3+;. The van der Waals surface area contributed by atoms with Gasteiger partial charge in [0.25, 0.3) is 0 Å². The average molecular weight is 381 g/mol. The van der Waals surface area contributed by atoms with E-state index in [1.807, 2.05) is 26.2 Å². The van der Waals surface area contributed by atoms with Gasteiger partial charge < -0.3 is 10.6 Å². The van der Waals surface area contributed by atoms with Crippen molar-refractivity contribution in [2.45, 2.75) is 39.7 Å². The van der Waals surface area contributed by atoms with Gasteiger partial charge in [0, 0.05) is 25.2 Å². The highest BCUT2D eigenvalue weighted by molar-refractivity contribution is 6.23. The number of hydrogen-bond acceptors (Lipinski definition) is 3. The normalized spacial score (nSPS) is 19.1. The van der Waals surface area contributed by atoms with Crippen molar-refractivity contribution in [3.05, 3.63) is 59.8 Å². The molecule has 0 spiro atoms. The van der Waals surface area contributed by atoms with Gasteiger partial charge in [0.2, 0.25) is 0 Å². The highest BCUT2D eigenvalue weighted by Gasteiger charge is 2.18. The maximum absolute atomic E-state index is 4.35. The van der Waals surface area contributed by atoms with Gasteiger partial charge in [0.05, 0.1) is 0 Å². The summed E-state index contributed by atoms with van der Waals surface area (Å²) in [5.41, 5.74) is 3.63. The summed E-state index contributed by atoms with van der Waals surface area (Å²) in [7, 11) is 1.81. The number of rotatable bonds is 5. The minimum atomic E-state index is 0.815. The highest BCUT2D eigenvalue weighted by atomic mass is 15.2. The lowest BCUT2D eigenvalue weighted by Gasteiger charge is -2.24. The van der Waals surface area contributed by atoms with Crippen molar-refractivity contribution in [1.82, 2.24) is 15.5 Å². The third kappa shape index (κ3) is 6.18. The van der Waals surface area contributed by atoms with Crippen LogP contribution in [-0.2, 0) is 0 Å². The lowest BCUT2D eigenvalue weighted by atomic mass is 9.99. The van der Waals surface area contributed by atoms with Crippen molar-refractivity contribution in [3.8, 4) is 0 Å². The SMILES string of the molecule is C/C=C/NC(=NC)C1=CCC=Cc2ccccc21.CCN(CC)C1CCNC1. The lowest BCUT2D eigenvalue weighted by molar-refractivity contribution is 0.231. The van der Waals surface area contributed by atoms with E-state index in [2.05, 4.69) is 76.9 Å². The number of allylic oxidation sites excluding steroid dienone is 3. The zero-order chi connectivity index (χ0) is 20.2. The lowest BCUT2D eigenvalue weighted by Crippen LogP contribution is -2.36. The molecule has 0 bridgehead atoms. The minimum absolute atomic E-state index is 0.815. The van der Waals surface area contributed by atoms with Crippen LogP contribution in [0.1, 0.15) is 44.7 Å². The first-order valence-electron chi connectivity index (χ1n) is 10.5. The Balaban J connectivity index is 0.000000237. The summed E-state index contributed by atoms with van der Waals surface area (Å²) >= 11 is 0. The number of amidine groups is 1. The third-order valence-electron chi connectivity index (χ3n) is 5.23. The van der Waals surface area contributed by atoms with E-state index in [0.29, 0.717) is 0 Å². The number of benzene rings is 1. The monoisotopic (exact) mass is 380 g/mol. The molecule has 1 atom stereocenters. The Morgan fingerprint density at radius 3 is 2.71 bits per heavy atom. The topological polar surface area (TPSA) is 39.7 Å². The van der Waals surface area contributed by atoms with Gasteiger partial charge in [-0.1, -0.05) is 62.4 Å². The van der Waals surface area contributed by atoms with Crippen LogP contribution in [0.3, 0.4) is 0 Å². The van der Waals surface area contributed by atoms with Crippen LogP contribution < -0.4 is 10.6 Å². The Bertz CT molecular complexity index is 705. The van der Waals surface area contributed by atoms with Gasteiger partial charge in [0.1, 0.15) is 5.84 Å². The number of likely N-dealkylation sites (N-methyl/N-ethyl adjacent to an activating group) is 1. The summed E-state index contributed by atoms with van der Waals surface area (Å²) < 4.78 is 0. The molecule has 1 unspecified atom stereocenters. The molecule has 1 aromatic carbocycles. The highest BCUT2D eigenvalue weighted by Crippen LogP contribution is 2.25. The van der Waals surface area contributed by atoms with Crippen molar-refractivity contribution < 1.29 is 0 Å². The first-order valence-corrected chi connectivity index (χ1v) is 10.5. The molecule has 2 N–H and O–H groups in total. The largest absolute Gasteiger partial charge is 0.347 e. The summed E-state index contributed by atoms with van der Waals surface area (Å²) in [5.74, 6) is 0.907. The fraction of sp³-hybridized carbons (Fsp3) is 0.458. The van der Waals surface area contributed by atoms with Gasteiger partial charge >= 0.3 is 0 Å². The molecular weight excluding hydrogens is 344 g/mol. The number of nitrogens with one attached hydrogen (secondary N) is 2. The predicted octanol–water partition coefficient (Wildman–Crippen LogP) is 4.33. The quantitative estimate of drug-likeness (QED) is 0.590. The van der Waals surface area contributed by atoms with Crippen LogP contribution in [0, 0.1) is 0 Å². The number of hydrogen-bond donors (Lipinski definition) is 2. The molecule has 0 aromatic heterocycles. The van der Waals surface area contributed by atoms with Crippen LogP contribution >= 0.6 is 0 Å². The zero-order valence-electron chi connectivity index (χ0n) is 17.9. The van der Waals surface area contributed by atoms with Crippen molar-refractivity contribution in [2.75, 3.05) is 33.2 Å². The van der Waals surface area contributed by atoms with Crippen molar-refractivity contribution >= 4 is 17.5 Å². The molecule has 3 rings (SSSR count). The van der Waals surface area contributed by atoms with Gasteiger partial charge in [-0.3, -0.25) is 9.89 Å². The van der Waals surface area contributed by atoms with E-state index >= 15 is 0 Å². The maximum atomic E-state index is 4.35. The molecule has 0 saturated carbocycles. The van der Waals surface area contributed by atoms with Crippen LogP contribution in [0.25, 0.3) is 11.6 Å². The van der Waals surface area contributed by atoms with E-state index in [1.165, 1.54) is 43.7 Å². The second-order valence-corrected chi connectivity index (χ2v) is 6.93. The van der Waals surface area contributed by atoms with E-state index in [4.69, 9.17) is 0 Å². The molecule has 152 valence electrons. The van der Waals surface area contributed by atoms with Crippen LogP contribution in [0.2, 0.25) is 0 Å². The van der Waals surface area contributed by atoms with E-state index in [-0.39, 0.29) is 0 Å². The Hall–Kier alpha value is -2.17. The van der Waals surface area contributed by atoms with Gasteiger partial charge in [-0.2, -0.15) is 0 Å². The second kappa shape index (κ2) is 12.3. The molecule has 1 saturated heterocycles. The molecule has 4 nitrogen and oxygen atoms in total. The van der Waals surface area contributed by atoms with Crippen molar-refractivity contribution in [3.63, 3.8) is 0 Å². The van der Waals surface area contributed by atoms with Gasteiger partial charge in [-0.25, -0.2) is 0 Å². The second-order valence-electron chi connectivity index (χ2n) is 6.93. The molecule has 4 heteroatoms. The maximum Gasteiger partial charge on any atom is 0.132 e. The molecule has 1 fully saturated rings. The molecule has 1 aromatic rings. The van der Waals surface area contributed by atoms with Gasteiger partial charge in [-0.05, 0) is 56.7 Å². The molecule has 0 radical (unpaired) electrons. The molecule has 28 heavy (non-hydrogen) atoms. The summed E-state index contributed by atoms with van der Waals surface area (Å²) in [6, 6.07) is 9.21. The van der Waals surface area contributed by atoms with E-state index < -0.39 is 0 Å². The summed E-state index contributed by atoms with van der Waals surface area (Å²) in [4.78, 5) is 6.88. The summed E-state index contributed by atoms with van der Waals surface area (Å²) in [6.45, 7) is 11.3. The molecule has 2 aliphatic rings. The van der Waals surface area contributed by atoms with E-state index in [0.717, 1.165) is 23.9 Å². The Morgan fingerprint density at radius 2 is 2.07 bits per heavy atom. The Kier molecular flexibility index (Phi) is 9.73. The molecular formula is C24H36N4. The number of aliphatic imine (C=N–C) groups is 1. The third-order valence-corrected chi connectivity index (χ3v) is 5.23. The summed E-state index contributed by atoms with van der Waals surface area (Å²) in [5, 5.41) is 6.61. The van der Waals surface area contributed by atoms with Crippen LogP contribution in [0.15, 0.2) is 53.7 Å². The van der Waals surface area contributed by atoms with E-state index in [1.54, 1.807) is 0 Å². The Labute approximate surface area is 171 Å². The van der Waals surface area contributed by atoms with Crippen LogP contribution in [-0.4, -0.2) is 50.0 Å². The zero-order valence-corrected chi connectivity index (χ0v) is 17.9. The fourth-order valence-electron chi connectivity index (χ4n) is 3.72.